The second kappa shape index (κ2) is 29.1. The molecule has 0 aromatic heterocycles. The van der Waals surface area contributed by atoms with Gasteiger partial charge in [-0.2, -0.15) is 0 Å². The average Bonchev–Trinajstić information content (AvgIpc) is 2.85. The molecule has 3 heteroatoms. The highest BCUT2D eigenvalue weighted by atomic mass is 16.6. The number of hydrogen-bond donors (Lipinski definition) is 0. The third-order valence-electron chi connectivity index (χ3n) is 6.85. The van der Waals surface area contributed by atoms with E-state index in [4.69, 9.17) is 4.74 Å². The fourth-order valence-electron chi connectivity index (χ4n) is 4.50. The zero-order valence-electron chi connectivity index (χ0n) is 23.8. The van der Waals surface area contributed by atoms with Crippen molar-refractivity contribution in [1.82, 2.24) is 0 Å². The minimum atomic E-state index is -0.337. The molecule has 0 aliphatic heterocycles. The fourth-order valence-corrected chi connectivity index (χ4v) is 4.50. The summed E-state index contributed by atoms with van der Waals surface area (Å²) < 4.78 is 4.97. The van der Waals surface area contributed by atoms with E-state index in [2.05, 4.69) is 26.0 Å². The van der Waals surface area contributed by atoms with Gasteiger partial charge in [0.25, 0.3) is 0 Å². The van der Waals surface area contributed by atoms with Gasteiger partial charge in [-0.25, -0.2) is 0 Å². The van der Waals surface area contributed by atoms with Gasteiger partial charge in [0.15, 0.2) is 0 Å². The lowest BCUT2D eigenvalue weighted by Gasteiger charge is -2.04. The SMILES string of the molecule is CCCCCCCCC=CCCCCCCCC(=O)OC(=O)CCCCCCCCCCCCC. The van der Waals surface area contributed by atoms with Gasteiger partial charge in [0.1, 0.15) is 0 Å². The minimum absolute atomic E-state index is 0.335. The molecule has 0 amide bonds. The van der Waals surface area contributed by atoms with Crippen molar-refractivity contribution in [1.29, 1.82) is 0 Å². The van der Waals surface area contributed by atoms with Crippen LogP contribution in [0.4, 0.5) is 0 Å². The lowest BCUT2D eigenvalue weighted by atomic mass is 10.1. The molecule has 35 heavy (non-hydrogen) atoms. The van der Waals surface area contributed by atoms with Crippen molar-refractivity contribution >= 4 is 11.9 Å². The van der Waals surface area contributed by atoms with Gasteiger partial charge in [-0.1, -0.05) is 142 Å². The molecule has 0 unspecified atom stereocenters. The predicted octanol–water partition coefficient (Wildman–Crippen LogP) is 10.8. The Balaban J connectivity index is 3.34. The Bertz CT molecular complexity index is 483. The molecule has 0 aliphatic rings. The van der Waals surface area contributed by atoms with Crippen molar-refractivity contribution in [2.24, 2.45) is 0 Å². The maximum Gasteiger partial charge on any atom is 0.313 e. The Hall–Kier alpha value is -1.12. The van der Waals surface area contributed by atoms with Crippen molar-refractivity contribution in [3.8, 4) is 0 Å². The van der Waals surface area contributed by atoms with Crippen molar-refractivity contribution in [2.75, 3.05) is 0 Å². The topological polar surface area (TPSA) is 43.4 Å². The van der Waals surface area contributed by atoms with Gasteiger partial charge in [0.05, 0.1) is 0 Å². The van der Waals surface area contributed by atoms with Crippen LogP contribution in [0.5, 0.6) is 0 Å². The highest BCUT2D eigenvalue weighted by Crippen LogP contribution is 2.13. The van der Waals surface area contributed by atoms with Gasteiger partial charge in [-0.3, -0.25) is 9.59 Å². The first-order valence-corrected chi connectivity index (χ1v) is 15.6. The van der Waals surface area contributed by atoms with Crippen LogP contribution in [0.25, 0.3) is 0 Å². The third-order valence-corrected chi connectivity index (χ3v) is 6.85. The lowest BCUT2D eigenvalue weighted by Crippen LogP contribution is -2.11. The number of carbonyl (C=O) groups excluding carboxylic acids is 2. The van der Waals surface area contributed by atoms with Crippen LogP contribution in [0.1, 0.15) is 181 Å². The highest BCUT2D eigenvalue weighted by molar-refractivity contribution is 5.85. The normalized spacial score (nSPS) is 11.4. The van der Waals surface area contributed by atoms with E-state index in [-0.39, 0.29) is 11.9 Å². The Morgan fingerprint density at radius 2 is 0.714 bits per heavy atom. The molecule has 0 saturated heterocycles. The quantitative estimate of drug-likeness (QED) is 0.0495. The molecule has 0 spiro atoms. The van der Waals surface area contributed by atoms with E-state index in [1.165, 1.54) is 122 Å². The first-order chi connectivity index (χ1) is 17.2. The van der Waals surface area contributed by atoms with Gasteiger partial charge >= 0.3 is 11.9 Å². The summed E-state index contributed by atoms with van der Waals surface area (Å²) in [5.41, 5.74) is 0. The summed E-state index contributed by atoms with van der Waals surface area (Å²) in [6.45, 7) is 4.52. The Kier molecular flexibility index (Phi) is 28.2. The van der Waals surface area contributed by atoms with E-state index in [9.17, 15) is 9.59 Å². The van der Waals surface area contributed by atoms with Crippen LogP contribution in [-0.4, -0.2) is 11.9 Å². The van der Waals surface area contributed by atoms with Gasteiger partial charge in [0, 0.05) is 12.8 Å². The van der Waals surface area contributed by atoms with E-state index in [1.807, 2.05) is 0 Å². The fraction of sp³-hybridized carbons (Fsp3) is 0.875. The Morgan fingerprint density at radius 3 is 1.06 bits per heavy atom. The van der Waals surface area contributed by atoms with E-state index in [1.54, 1.807) is 0 Å². The van der Waals surface area contributed by atoms with Gasteiger partial charge in [-0.05, 0) is 38.5 Å². The molecule has 3 nitrogen and oxygen atoms in total. The number of hydrogen-bond acceptors (Lipinski definition) is 3. The first-order valence-electron chi connectivity index (χ1n) is 15.6. The maximum absolute atomic E-state index is 11.8. The molecule has 206 valence electrons. The van der Waals surface area contributed by atoms with Gasteiger partial charge in [-0.15, -0.1) is 0 Å². The second-order valence-corrected chi connectivity index (χ2v) is 10.5. The molecular formula is C32H60O3. The third kappa shape index (κ3) is 29.0. The van der Waals surface area contributed by atoms with Crippen LogP contribution in [0.15, 0.2) is 12.2 Å². The zero-order chi connectivity index (χ0) is 25.7. The number of esters is 2. The number of unbranched alkanes of at least 4 members (excludes halogenated alkanes) is 21. The summed E-state index contributed by atoms with van der Waals surface area (Å²) in [6, 6.07) is 0. The lowest BCUT2D eigenvalue weighted by molar-refractivity contribution is -0.159. The Labute approximate surface area is 219 Å². The van der Waals surface area contributed by atoms with Gasteiger partial charge < -0.3 is 4.74 Å². The summed E-state index contributed by atoms with van der Waals surface area (Å²) in [5.74, 6) is -0.672. The predicted molar refractivity (Wildman–Crippen MR) is 152 cm³/mol. The van der Waals surface area contributed by atoms with Crippen LogP contribution < -0.4 is 0 Å². The largest absolute Gasteiger partial charge is 0.393 e. The molecule has 0 heterocycles. The minimum Gasteiger partial charge on any atom is -0.393 e. The van der Waals surface area contributed by atoms with Crippen molar-refractivity contribution in [3.05, 3.63) is 12.2 Å². The first kappa shape index (κ1) is 33.9. The summed E-state index contributed by atoms with van der Waals surface area (Å²) >= 11 is 0. The van der Waals surface area contributed by atoms with Gasteiger partial charge in [0.2, 0.25) is 0 Å². The summed E-state index contributed by atoms with van der Waals surface area (Å²) in [7, 11) is 0. The zero-order valence-corrected chi connectivity index (χ0v) is 23.8. The van der Waals surface area contributed by atoms with E-state index < -0.39 is 0 Å². The molecular weight excluding hydrogens is 432 g/mol. The number of allylic oxidation sites excluding steroid dienone is 2. The standard InChI is InChI=1S/C32H60O3/c1-3-5-7-9-11-13-15-16-17-18-20-22-24-26-28-30-32(34)35-31(33)29-27-25-23-21-19-14-12-10-8-6-4-2/h16-17H,3-15,18-30H2,1-2H3. The molecule has 0 radical (unpaired) electrons. The molecule has 0 atom stereocenters. The van der Waals surface area contributed by atoms with Crippen LogP contribution in [0.3, 0.4) is 0 Å². The van der Waals surface area contributed by atoms with Crippen molar-refractivity contribution < 1.29 is 14.3 Å². The smallest absolute Gasteiger partial charge is 0.313 e. The van der Waals surface area contributed by atoms with E-state index >= 15 is 0 Å². The molecule has 0 aromatic carbocycles. The van der Waals surface area contributed by atoms with Crippen LogP contribution >= 0.6 is 0 Å². The Morgan fingerprint density at radius 1 is 0.429 bits per heavy atom. The molecule has 0 N–H and O–H groups in total. The summed E-state index contributed by atoms with van der Waals surface area (Å²) in [4.78, 5) is 23.7. The number of ether oxygens (including phenoxy) is 1. The maximum atomic E-state index is 11.8. The monoisotopic (exact) mass is 492 g/mol. The molecule has 0 aliphatic carbocycles. The van der Waals surface area contributed by atoms with Crippen LogP contribution in [0.2, 0.25) is 0 Å². The van der Waals surface area contributed by atoms with E-state index in [0.717, 1.165) is 32.1 Å². The van der Waals surface area contributed by atoms with Crippen molar-refractivity contribution in [2.45, 2.75) is 181 Å². The molecule has 0 bridgehead atoms. The highest BCUT2D eigenvalue weighted by Gasteiger charge is 2.09. The summed E-state index contributed by atoms with van der Waals surface area (Å²) in [5, 5.41) is 0. The molecule has 0 saturated carbocycles. The second-order valence-electron chi connectivity index (χ2n) is 10.5. The molecule has 0 fully saturated rings. The van der Waals surface area contributed by atoms with E-state index in [0.29, 0.717) is 12.8 Å². The van der Waals surface area contributed by atoms with Crippen molar-refractivity contribution in [3.63, 3.8) is 0 Å². The molecule has 0 rings (SSSR count). The summed E-state index contributed by atoms with van der Waals surface area (Å²) in [6.07, 6.45) is 35.3. The number of rotatable bonds is 27. The average molecular weight is 493 g/mol. The van der Waals surface area contributed by atoms with Crippen LogP contribution in [0, 0.1) is 0 Å². The van der Waals surface area contributed by atoms with Crippen LogP contribution in [-0.2, 0) is 14.3 Å². The number of carbonyl (C=O) groups is 2. The molecule has 0 aromatic rings.